The molecule has 1 aliphatic heterocycles. The van der Waals surface area contributed by atoms with Crippen molar-refractivity contribution in [1.82, 2.24) is 19.9 Å². The molecular weight excluding hydrogens is 397 g/mol. The highest BCUT2D eigenvalue weighted by molar-refractivity contribution is 5.77. The van der Waals surface area contributed by atoms with Gasteiger partial charge in [-0.05, 0) is 24.3 Å². The molecule has 1 fully saturated rings. The maximum atomic E-state index is 13.4. The van der Waals surface area contributed by atoms with E-state index in [4.69, 9.17) is 10.2 Å². The maximum Gasteiger partial charge on any atom is 0.232 e. The lowest BCUT2D eigenvalue weighted by Crippen LogP contribution is -2.46. The number of aromatic nitrogens is 3. The zero-order valence-electron chi connectivity index (χ0n) is 17.4. The fraction of sp³-hybridized carbons (Fsp3) is 0.318. The van der Waals surface area contributed by atoms with Crippen molar-refractivity contribution in [2.45, 2.75) is 6.54 Å². The second-order valence-corrected chi connectivity index (χ2v) is 7.43. The fourth-order valence-corrected chi connectivity index (χ4v) is 3.68. The summed E-state index contributed by atoms with van der Waals surface area (Å²) in [6.07, 6.45) is 3.57. The monoisotopic (exact) mass is 423 g/mol. The van der Waals surface area contributed by atoms with Crippen LogP contribution < -0.4 is 15.5 Å². The standard InChI is InChI=1S/C22H26FN7O/c1-3-7-29(8-4-2)21-25-20(24)26-22(27-21)30-11-9-28(10-12-30)15-18-14-16-13-17(23)5-6-19(16)31-18/h3-6,13-14H,1-2,7-12,15H2,(H2,24,25,26,27). The van der Waals surface area contributed by atoms with Crippen LogP contribution >= 0.6 is 0 Å². The van der Waals surface area contributed by atoms with Crippen LogP contribution in [0.2, 0.25) is 0 Å². The van der Waals surface area contributed by atoms with Crippen molar-refractivity contribution >= 4 is 28.8 Å². The quantitative estimate of drug-likeness (QED) is 0.554. The molecule has 9 heteroatoms. The third-order valence-corrected chi connectivity index (χ3v) is 5.17. The largest absolute Gasteiger partial charge is 0.460 e. The molecule has 1 saturated heterocycles. The van der Waals surface area contributed by atoms with Gasteiger partial charge in [0.15, 0.2) is 0 Å². The van der Waals surface area contributed by atoms with Crippen molar-refractivity contribution in [3.05, 3.63) is 61.2 Å². The first kappa shape index (κ1) is 20.8. The van der Waals surface area contributed by atoms with Gasteiger partial charge in [0.25, 0.3) is 0 Å². The Morgan fingerprint density at radius 1 is 1.06 bits per heavy atom. The van der Waals surface area contributed by atoms with Gasteiger partial charge in [0.1, 0.15) is 17.2 Å². The Labute approximate surface area is 180 Å². The van der Waals surface area contributed by atoms with Crippen molar-refractivity contribution in [1.29, 1.82) is 0 Å². The SMILES string of the molecule is C=CCN(CC=C)c1nc(N)nc(N2CCN(Cc3cc4cc(F)ccc4o3)CC2)n1. The minimum atomic E-state index is -0.260. The van der Waals surface area contributed by atoms with Gasteiger partial charge >= 0.3 is 0 Å². The first-order valence-corrected chi connectivity index (χ1v) is 10.2. The smallest absolute Gasteiger partial charge is 0.232 e. The van der Waals surface area contributed by atoms with Gasteiger partial charge in [-0.2, -0.15) is 15.0 Å². The van der Waals surface area contributed by atoms with Gasteiger partial charge < -0.3 is 20.0 Å². The third kappa shape index (κ3) is 4.83. The molecule has 162 valence electrons. The number of nitrogens with two attached hydrogens (primary N) is 1. The van der Waals surface area contributed by atoms with E-state index in [1.165, 1.54) is 12.1 Å². The molecule has 0 amide bonds. The van der Waals surface area contributed by atoms with E-state index in [2.05, 4.69) is 37.9 Å². The van der Waals surface area contributed by atoms with E-state index in [0.29, 0.717) is 37.1 Å². The number of halogens is 1. The lowest BCUT2D eigenvalue weighted by molar-refractivity contribution is 0.232. The Kier molecular flexibility index (Phi) is 6.13. The summed E-state index contributed by atoms with van der Waals surface area (Å²) in [4.78, 5) is 19.6. The number of hydrogen-bond donors (Lipinski definition) is 1. The minimum absolute atomic E-state index is 0.190. The van der Waals surface area contributed by atoms with Crippen molar-refractivity contribution in [2.75, 3.05) is 54.8 Å². The third-order valence-electron chi connectivity index (χ3n) is 5.17. The number of nitrogens with zero attached hydrogens (tertiary/aromatic N) is 6. The summed E-state index contributed by atoms with van der Waals surface area (Å²) >= 11 is 0. The number of furan rings is 1. The molecule has 8 nitrogen and oxygen atoms in total. The van der Waals surface area contributed by atoms with Gasteiger partial charge in [-0.15, -0.1) is 13.2 Å². The van der Waals surface area contributed by atoms with Crippen molar-refractivity contribution in [2.24, 2.45) is 0 Å². The highest BCUT2D eigenvalue weighted by Gasteiger charge is 2.22. The highest BCUT2D eigenvalue weighted by atomic mass is 19.1. The number of nitrogen functional groups attached to an aromatic ring is 1. The van der Waals surface area contributed by atoms with Crippen LogP contribution in [0.1, 0.15) is 5.76 Å². The van der Waals surface area contributed by atoms with E-state index in [-0.39, 0.29) is 11.8 Å². The topological polar surface area (TPSA) is 87.6 Å². The molecule has 0 radical (unpaired) electrons. The summed E-state index contributed by atoms with van der Waals surface area (Å²) in [5.41, 5.74) is 6.66. The molecule has 31 heavy (non-hydrogen) atoms. The van der Waals surface area contributed by atoms with Crippen LogP contribution in [0.25, 0.3) is 11.0 Å². The van der Waals surface area contributed by atoms with Crippen molar-refractivity contribution in [3.8, 4) is 0 Å². The summed E-state index contributed by atoms with van der Waals surface area (Å²) in [5.74, 6) is 1.84. The molecule has 2 N–H and O–H groups in total. The van der Waals surface area contributed by atoms with E-state index < -0.39 is 0 Å². The molecule has 2 aromatic heterocycles. The Bertz CT molecular complexity index is 1060. The number of hydrogen-bond acceptors (Lipinski definition) is 8. The molecule has 1 aromatic carbocycles. The number of anilines is 3. The highest BCUT2D eigenvalue weighted by Crippen LogP contribution is 2.23. The molecule has 4 rings (SSSR count). The van der Waals surface area contributed by atoms with Crippen molar-refractivity contribution < 1.29 is 8.81 Å². The normalized spacial score (nSPS) is 14.7. The summed E-state index contributed by atoms with van der Waals surface area (Å²) in [6.45, 7) is 12.5. The molecule has 0 spiro atoms. The summed E-state index contributed by atoms with van der Waals surface area (Å²) in [5, 5.41) is 0.783. The van der Waals surface area contributed by atoms with Crippen LogP contribution in [0.4, 0.5) is 22.2 Å². The molecule has 3 aromatic rings. The maximum absolute atomic E-state index is 13.4. The average Bonchev–Trinajstić information content (AvgIpc) is 3.15. The van der Waals surface area contributed by atoms with Crippen LogP contribution in [-0.4, -0.2) is 59.1 Å². The zero-order chi connectivity index (χ0) is 21.8. The van der Waals surface area contributed by atoms with Crippen LogP contribution in [-0.2, 0) is 6.54 Å². The first-order chi connectivity index (χ1) is 15.1. The summed E-state index contributed by atoms with van der Waals surface area (Å²) in [7, 11) is 0. The summed E-state index contributed by atoms with van der Waals surface area (Å²) in [6, 6.07) is 6.47. The van der Waals surface area contributed by atoms with Crippen LogP contribution in [0.3, 0.4) is 0 Å². The lowest BCUT2D eigenvalue weighted by Gasteiger charge is -2.34. The Hall–Kier alpha value is -3.46. The molecule has 1 aliphatic rings. The zero-order valence-corrected chi connectivity index (χ0v) is 17.4. The van der Waals surface area contributed by atoms with E-state index in [0.717, 1.165) is 37.3 Å². The van der Waals surface area contributed by atoms with Gasteiger partial charge in [0.05, 0.1) is 6.54 Å². The van der Waals surface area contributed by atoms with Gasteiger partial charge in [-0.25, -0.2) is 4.39 Å². The minimum Gasteiger partial charge on any atom is -0.460 e. The second kappa shape index (κ2) is 9.13. The molecule has 0 atom stereocenters. The number of rotatable bonds is 8. The molecule has 0 saturated carbocycles. The number of fused-ring (bicyclic) bond motifs is 1. The molecular formula is C22H26FN7O. The Balaban J connectivity index is 1.42. The van der Waals surface area contributed by atoms with Crippen molar-refractivity contribution in [3.63, 3.8) is 0 Å². The lowest BCUT2D eigenvalue weighted by atomic mass is 10.2. The van der Waals surface area contributed by atoms with Crippen LogP contribution in [0, 0.1) is 5.82 Å². The Morgan fingerprint density at radius 2 is 1.81 bits per heavy atom. The molecule has 0 bridgehead atoms. The van der Waals surface area contributed by atoms with Gasteiger partial charge in [0.2, 0.25) is 17.8 Å². The molecule has 0 unspecified atom stereocenters. The van der Waals surface area contributed by atoms with Gasteiger partial charge in [-0.3, -0.25) is 4.90 Å². The average molecular weight is 423 g/mol. The van der Waals surface area contributed by atoms with Gasteiger partial charge in [0, 0.05) is 44.7 Å². The number of piperazine rings is 1. The van der Waals surface area contributed by atoms with Gasteiger partial charge in [-0.1, -0.05) is 12.2 Å². The predicted molar refractivity (Wildman–Crippen MR) is 121 cm³/mol. The predicted octanol–water partition coefficient (Wildman–Crippen LogP) is 2.84. The second-order valence-electron chi connectivity index (χ2n) is 7.43. The summed E-state index contributed by atoms with van der Waals surface area (Å²) < 4.78 is 19.3. The van der Waals surface area contributed by atoms with E-state index in [9.17, 15) is 4.39 Å². The fourth-order valence-electron chi connectivity index (χ4n) is 3.68. The first-order valence-electron chi connectivity index (χ1n) is 10.2. The number of benzene rings is 1. The Morgan fingerprint density at radius 3 is 2.52 bits per heavy atom. The molecule has 0 aliphatic carbocycles. The van der Waals surface area contributed by atoms with Crippen LogP contribution in [0.15, 0.2) is 54.0 Å². The van der Waals surface area contributed by atoms with E-state index in [1.54, 1.807) is 18.2 Å². The van der Waals surface area contributed by atoms with Crippen LogP contribution in [0.5, 0.6) is 0 Å². The van der Waals surface area contributed by atoms with E-state index in [1.807, 2.05) is 11.0 Å². The molecule has 3 heterocycles. The van der Waals surface area contributed by atoms with E-state index >= 15 is 0 Å².